The highest BCUT2D eigenvalue weighted by molar-refractivity contribution is 9.10. The summed E-state index contributed by atoms with van der Waals surface area (Å²) in [6.07, 6.45) is 1.88. The van der Waals surface area contributed by atoms with Gasteiger partial charge in [0.15, 0.2) is 0 Å². The fraction of sp³-hybridized carbons (Fsp3) is 0.357. The van der Waals surface area contributed by atoms with Crippen molar-refractivity contribution in [2.75, 3.05) is 26.2 Å². The van der Waals surface area contributed by atoms with Crippen LogP contribution in [0, 0.1) is 0 Å². The lowest BCUT2D eigenvalue weighted by Crippen LogP contribution is -2.45. The maximum Gasteiger partial charge on any atom is 0.106 e. The average Bonchev–Trinajstić information content (AvgIpc) is 2.94. The Hall–Kier alpha value is -0.170. The van der Waals surface area contributed by atoms with Crippen molar-refractivity contribution in [2.45, 2.75) is 6.04 Å². The molecule has 21 heavy (non-hydrogen) atoms. The summed E-state index contributed by atoms with van der Waals surface area (Å²) in [7, 11) is 0. The molecule has 7 heteroatoms. The number of aromatic nitrogens is 1. The molecule has 1 fully saturated rings. The van der Waals surface area contributed by atoms with Crippen molar-refractivity contribution < 1.29 is 0 Å². The molecule has 3 heterocycles. The summed E-state index contributed by atoms with van der Waals surface area (Å²) in [5.74, 6) is 0. The molecule has 0 aromatic carbocycles. The smallest absolute Gasteiger partial charge is 0.106 e. The van der Waals surface area contributed by atoms with Crippen LogP contribution in [0.25, 0.3) is 0 Å². The van der Waals surface area contributed by atoms with Crippen LogP contribution in [0.5, 0.6) is 0 Å². The zero-order valence-corrected chi connectivity index (χ0v) is 15.4. The molecule has 0 radical (unpaired) electrons. The number of halogens is 3. The Balaban J connectivity index is 0.00000110. The SMILES string of the molecule is Brc1cc([C@@H](c2cccs2)N2CCNCC2)ccn1.Cl.Cl. The van der Waals surface area contributed by atoms with E-state index >= 15 is 0 Å². The molecule has 2 aromatic heterocycles. The first-order valence-electron chi connectivity index (χ1n) is 6.44. The van der Waals surface area contributed by atoms with Gasteiger partial charge in [-0.05, 0) is 45.1 Å². The number of hydrogen-bond donors (Lipinski definition) is 1. The number of nitrogens with one attached hydrogen (secondary N) is 1. The first-order chi connectivity index (χ1) is 9.34. The Morgan fingerprint density at radius 2 is 2.00 bits per heavy atom. The van der Waals surface area contributed by atoms with Gasteiger partial charge in [0.05, 0.1) is 6.04 Å². The van der Waals surface area contributed by atoms with E-state index in [9.17, 15) is 0 Å². The van der Waals surface area contributed by atoms with Gasteiger partial charge in [-0.25, -0.2) is 4.98 Å². The molecule has 3 nitrogen and oxygen atoms in total. The number of hydrogen-bond acceptors (Lipinski definition) is 4. The highest BCUT2D eigenvalue weighted by atomic mass is 79.9. The van der Waals surface area contributed by atoms with Gasteiger partial charge in [0.1, 0.15) is 4.60 Å². The molecule has 0 unspecified atom stereocenters. The molecular weight excluding hydrogens is 393 g/mol. The summed E-state index contributed by atoms with van der Waals surface area (Å²) in [6.45, 7) is 4.30. The summed E-state index contributed by atoms with van der Waals surface area (Å²) in [5.41, 5.74) is 1.31. The molecule has 1 N–H and O–H groups in total. The molecule has 116 valence electrons. The minimum Gasteiger partial charge on any atom is -0.314 e. The molecule has 3 rings (SSSR count). The first-order valence-corrected chi connectivity index (χ1v) is 8.11. The van der Waals surface area contributed by atoms with Crippen LogP contribution in [0.4, 0.5) is 0 Å². The van der Waals surface area contributed by atoms with E-state index in [1.165, 1.54) is 10.4 Å². The highest BCUT2D eigenvalue weighted by Crippen LogP contribution is 2.32. The van der Waals surface area contributed by atoms with Crippen LogP contribution in [-0.4, -0.2) is 36.1 Å². The van der Waals surface area contributed by atoms with E-state index in [2.05, 4.69) is 60.8 Å². The van der Waals surface area contributed by atoms with Gasteiger partial charge in [-0.1, -0.05) is 6.07 Å². The van der Waals surface area contributed by atoms with E-state index in [0.29, 0.717) is 6.04 Å². The zero-order chi connectivity index (χ0) is 13.1. The quantitative estimate of drug-likeness (QED) is 0.781. The predicted octanol–water partition coefficient (Wildman–Crippen LogP) is 3.74. The third-order valence-electron chi connectivity index (χ3n) is 3.40. The lowest BCUT2D eigenvalue weighted by atomic mass is 10.0. The lowest BCUT2D eigenvalue weighted by Gasteiger charge is -2.34. The van der Waals surface area contributed by atoms with Gasteiger partial charge in [0.2, 0.25) is 0 Å². The van der Waals surface area contributed by atoms with Crippen molar-refractivity contribution in [3.05, 3.63) is 50.9 Å². The van der Waals surface area contributed by atoms with Crippen LogP contribution in [0.15, 0.2) is 40.4 Å². The van der Waals surface area contributed by atoms with E-state index < -0.39 is 0 Å². The molecule has 0 saturated carbocycles. The van der Waals surface area contributed by atoms with Gasteiger partial charge >= 0.3 is 0 Å². The largest absolute Gasteiger partial charge is 0.314 e. The second-order valence-electron chi connectivity index (χ2n) is 4.62. The van der Waals surface area contributed by atoms with Crippen LogP contribution >= 0.6 is 52.1 Å². The van der Waals surface area contributed by atoms with Crippen LogP contribution in [0.2, 0.25) is 0 Å². The Morgan fingerprint density at radius 3 is 2.62 bits per heavy atom. The molecule has 0 bridgehead atoms. The Morgan fingerprint density at radius 1 is 1.24 bits per heavy atom. The van der Waals surface area contributed by atoms with Crippen LogP contribution < -0.4 is 5.32 Å². The summed E-state index contributed by atoms with van der Waals surface area (Å²) >= 11 is 5.31. The summed E-state index contributed by atoms with van der Waals surface area (Å²) in [5, 5.41) is 5.57. The molecule has 0 aliphatic carbocycles. The number of rotatable bonds is 3. The van der Waals surface area contributed by atoms with Crippen molar-refractivity contribution in [1.29, 1.82) is 0 Å². The fourth-order valence-corrected chi connectivity index (χ4v) is 3.80. The maximum absolute atomic E-state index is 4.24. The predicted molar refractivity (Wildman–Crippen MR) is 97.0 cm³/mol. The van der Waals surface area contributed by atoms with E-state index in [1.807, 2.05) is 17.5 Å². The van der Waals surface area contributed by atoms with Crippen molar-refractivity contribution in [1.82, 2.24) is 15.2 Å². The normalized spacial score (nSPS) is 16.6. The summed E-state index contributed by atoms with van der Waals surface area (Å²) in [4.78, 5) is 8.19. The van der Waals surface area contributed by atoms with E-state index in [0.717, 1.165) is 30.8 Å². The van der Waals surface area contributed by atoms with Gasteiger partial charge in [-0.2, -0.15) is 0 Å². The first kappa shape index (κ1) is 18.9. The van der Waals surface area contributed by atoms with Crippen LogP contribution in [0.3, 0.4) is 0 Å². The number of nitrogens with zero attached hydrogens (tertiary/aromatic N) is 2. The van der Waals surface area contributed by atoms with E-state index in [4.69, 9.17) is 0 Å². The monoisotopic (exact) mass is 409 g/mol. The fourth-order valence-electron chi connectivity index (χ4n) is 2.53. The summed E-state index contributed by atoms with van der Waals surface area (Å²) < 4.78 is 0.904. The number of thiophene rings is 1. The van der Waals surface area contributed by atoms with Crippen LogP contribution in [-0.2, 0) is 0 Å². The lowest BCUT2D eigenvalue weighted by molar-refractivity contribution is 0.200. The second-order valence-corrected chi connectivity index (χ2v) is 6.41. The Kier molecular flexibility index (Phi) is 8.16. The number of pyridine rings is 1. The van der Waals surface area contributed by atoms with Gasteiger partial charge in [-0.3, -0.25) is 4.90 Å². The minimum atomic E-state index is 0. The standard InChI is InChI=1S/C14H16BrN3S.2ClH/c15-13-10-11(3-4-17-13)14(12-2-1-9-19-12)18-7-5-16-6-8-18;;/h1-4,9-10,14,16H,5-8H2;2*1H/t14-;;/m0../s1. The van der Waals surface area contributed by atoms with Gasteiger partial charge < -0.3 is 5.32 Å². The maximum atomic E-state index is 4.24. The molecular formula is C14H18BrCl2N3S. The van der Waals surface area contributed by atoms with Crippen molar-refractivity contribution in [2.24, 2.45) is 0 Å². The second kappa shape index (κ2) is 9.08. The van der Waals surface area contributed by atoms with Gasteiger partial charge in [0.25, 0.3) is 0 Å². The minimum absolute atomic E-state index is 0. The van der Waals surface area contributed by atoms with E-state index in [-0.39, 0.29) is 24.8 Å². The molecule has 2 aromatic rings. The third-order valence-corrected chi connectivity index (χ3v) is 4.75. The number of piperazine rings is 1. The van der Waals surface area contributed by atoms with Crippen molar-refractivity contribution in [3.63, 3.8) is 0 Å². The average molecular weight is 411 g/mol. The molecule has 1 aliphatic heterocycles. The Labute approximate surface area is 150 Å². The van der Waals surface area contributed by atoms with Crippen molar-refractivity contribution >= 4 is 52.1 Å². The van der Waals surface area contributed by atoms with Gasteiger partial charge in [-0.15, -0.1) is 36.2 Å². The highest BCUT2D eigenvalue weighted by Gasteiger charge is 2.24. The molecule has 1 aliphatic rings. The molecule has 0 spiro atoms. The van der Waals surface area contributed by atoms with Crippen molar-refractivity contribution in [3.8, 4) is 0 Å². The molecule has 1 saturated heterocycles. The topological polar surface area (TPSA) is 28.2 Å². The van der Waals surface area contributed by atoms with Crippen LogP contribution in [0.1, 0.15) is 16.5 Å². The Bertz CT molecular complexity index is 533. The molecule has 0 amide bonds. The van der Waals surface area contributed by atoms with Gasteiger partial charge in [0, 0.05) is 37.3 Å². The van der Waals surface area contributed by atoms with E-state index in [1.54, 1.807) is 0 Å². The third kappa shape index (κ3) is 4.65. The summed E-state index contributed by atoms with van der Waals surface area (Å²) in [6, 6.07) is 8.96. The molecule has 1 atom stereocenters. The zero-order valence-electron chi connectivity index (χ0n) is 11.4.